The third-order valence-corrected chi connectivity index (χ3v) is 2.81. The van der Waals surface area contributed by atoms with Crippen LogP contribution in [0.25, 0.3) is 0 Å². The normalized spacial score (nSPS) is 13.1. The SMILES string of the molecule is COc1ccc(OCC(C)NS(C)(=O)=O)cc1. The molecule has 0 radical (unpaired) electrons. The predicted octanol–water partition coefficient (Wildman–Crippen LogP) is 1.01. The Bertz CT molecular complexity index is 441. The van der Waals surface area contributed by atoms with E-state index in [1.807, 2.05) is 0 Å². The van der Waals surface area contributed by atoms with E-state index in [2.05, 4.69) is 4.72 Å². The quantitative estimate of drug-likeness (QED) is 0.828. The molecular weight excluding hydrogens is 242 g/mol. The minimum absolute atomic E-state index is 0.271. The Balaban J connectivity index is 2.44. The van der Waals surface area contributed by atoms with Gasteiger partial charge in [-0.2, -0.15) is 0 Å². The summed E-state index contributed by atoms with van der Waals surface area (Å²) in [6, 6.07) is 6.83. The molecule has 0 heterocycles. The van der Waals surface area contributed by atoms with Crippen LogP contribution in [0.4, 0.5) is 0 Å². The number of rotatable bonds is 6. The van der Waals surface area contributed by atoms with Crippen molar-refractivity contribution in [2.75, 3.05) is 20.0 Å². The monoisotopic (exact) mass is 259 g/mol. The van der Waals surface area contributed by atoms with Gasteiger partial charge in [-0.05, 0) is 31.2 Å². The third-order valence-electron chi connectivity index (χ3n) is 1.97. The molecule has 6 heteroatoms. The summed E-state index contributed by atoms with van der Waals surface area (Å²) in [5, 5.41) is 0. The fourth-order valence-corrected chi connectivity index (χ4v) is 2.09. The Morgan fingerprint density at radius 3 is 2.24 bits per heavy atom. The molecule has 1 aromatic rings. The van der Waals surface area contributed by atoms with Crippen LogP contribution in [0.1, 0.15) is 6.92 Å². The molecule has 1 N–H and O–H groups in total. The van der Waals surface area contributed by atoms with Crippen molar-refractivity contribution in [2.24, 2.45) is 0 Å². The van der Waals surface area contributed by atoms with E-state index in [9.17, 15) is 8.42 Å². The van der Waals surface area contributed by atoms with E-state index in [1.54, 1.807) is 38.3 Å². The van der Waals surface area contributed by atoms with Gasteiger partial charge in [0.15, 0.2) is 0 Å². The smallest absolute Gasteiger partial charge is 0.209 e. The van der Waals surface area contributed by atoms with Crippen LogP contribution in [0.15, 0.2) is 24.3 Å². The Labute approximate surface area is 102 Å². The number of sulfonamides is 1. The number of nitrogens with one attached hydrogen (secondary N) is 1. The first-order valence-electron chi connectivity index (χ1n) is 5.15. The van der Waals surface area contributed by atoms with Crippen LogP contribution < -0.4 is 14.2 Å². The first-order chi connectivity index (χ1) is 7.90. The molecule has 1 aromatic carbocycles. The van der Waals surface area contributed by atoms with Crippen LogP contribution in [0.5, 0.6) is 11.5 Å². The second-order valence-corrected chi connectivity index (χ2v) is 5.56. The number of hydrogen-bond donors (Lipinski definition) is 1. The van der Waals surface area contributed by atoms with E-state index in [1.165, 1.54) is 0 Å². The van der Waals surface area contributed by atoms with Gasteiger partial charge >= 0.3 is 0 Å². The largest absolute Gasteiger partial charge is 0.497 e. The van der Waals surface area contributed by atoms with Crippen molar-refractivity contribution in [3.8, 4) is 11.5 Å². The van der Waals surface area contributed by atoms with E-state index >= 15 is 0 Å². The van der Waals surface area contributed by atoms with Gasteiger partial charge in [0.25, 0.3) is 0 Å². The summed E-state index contributed by atoms with van der Waals surface area (Å²) in [5.41, 5.74) is 0. The van der Waals surface area contributed by atoms with Gasteiger partial charge in [0.2, 0.25) is 10.0 Å². The molecular formula is C11H17NO4S. The summed E-state index contributed by atoms with van der Waals surface area (Å²) in [5.74, 6) is 1.42. The molecule has 1 atom stereocenters. The molecule has 1 unspecified atom stereocenters. The van der Waals surface area contributed by atoms with Crippen molar-refractivity contribution >= 4 is 10.0 Å². The minimum atomic E-state index is -3.19. The zero-order chi connectivity index (χ0) is 12.9. The summed E-state index contributed by atoms with van der Waals surface area (Å²) < 4.78 is 34.8. The van der Waals surface area contributed by atoms with Gasteiger partial charge in [0.05, 0.1) is 19.4 Å². The van der Waals surface area contributed by atoms with Crippen molar-refractivity contribution < 1.29 is 17.9 Å². The maximum atomic E-state index is 11.0. The van der Waals surface area contributed by atoms with Crippen LogP contribution in [0.2, 0.25) is 0 Å². The standard InChI is InChI=1S/C11H17NO4S/c1-9(12-17(3,13)14)8-16-11-6-4-10(15-2)5-7-11/h4-7,9,12H,8H2,1-3H3. The zero-order valence-electron chi connectivity index (χ0n) is 10.1. The van der Waals surface area contributed by atoms with Crippen LogP contribution in [0.3, 0.4) is 0 Å². The second kappa shape index (κ2) is 5.88. The number of ether oxygens (including phenoxy) is 2. The topological polar surface area (TPSA) is 64.6 Å². The summed E-state index contributed by atoms with van der Waals surface area (Å²) in [6.07, 6.45) is 1.12. The molecule has 0 fully saturated rings. The highest BCUT2D eigenvalue weighted by molar-refractivity contribution is 7.88. The zero-order valence-corrected chi connectivity index (χ0v) is 11.0. The first-order valence-corrected chi connectivity index (χ1v) is 7.04. The molecule has 17 heavy (non-hydrogen) atoms. The van der Waals surface area contributed by atoms with E-state index in [-0.39, 0.29) is 12.6 Å². The van der Waals surface area contributed by atoms with Crippen LogP contribution in [-0.2, 0) is 10.0 Å². The van der Waals surface area contributed by atoms with Crippen molar-refractivity contribution in [3.63, 3.8) is 0 Å². The lowest BCUT2D eigenvalue weighted by Crippen LogP contribution is -2.35. The van der Waals surface area contributed by atoms with Crippen LogP contribution >= 0.6 is 0 Å². The summed E-state index contributed by atoms with van der Waals surface area (Å²) in [4.78, 5) is 0. The van der Waals surface area contributed by atoms with Gasteiger partial charge in [-0.1, -0.05) is 0 Å². The van der Waals surface area contributed by atoms with Gasteiger partial charge in [-0.3, -0.25) is 0 Å². The van der Waals surface area contributed by atoms with Gasteiger partial charge in [-0.25, -0.2) is 13.1 Å². The number of methoxy groups -OCH3 is 1. The Morgan fingerprint density at radius 1 is 1.24 bits per heavy atom. The van der Waals surface area contributed by atoms with E-state index in [4.69, 9.17) is 9.47 Å². The lowest BCUT2D eigenvalue weighted by molar-refractivity contribution is 0.287. The Morgan fingerprint density at radius 2 is 1.76 bits per heavy atom. The predicted molar refractivity (Wildman–Crippen MR) is 65.9 cm³/mol. The fourth-order valence-electron chi connectivity index (χ4n) is 1.29. The van der Waals surface area contributed by atoms with Gasteiger partial charge in [0, 0.05) is 0 Å². The molecule has 0 saturated heterocycles. The fraction of sp³-hybridized carbons (Fsp3) is 0.455. The first kappa shape index (κ1) is 13.8. The summed E-state index contributed by atoms with van der Waals surface area (Å²) >= 11 is 0. The Hall–Kier alpha value is -1.27. The Kier molecular flexibility index (Phi) is 4.77. The average molecular weight is 259 g/mol. The molecule has 96 valence electrons. The molecule has 0 spiro atoms. The molecule has 0 saturated carbocycles. The van der Waals surface area contributed by atoms with Gasteiger partial charge < -0.3 is 9.47 Å². The van der Waals surface area contributed by atoms with Gasteiger partial charge in [0.1, 0.15) is 18.1 Å². The molecule has 0 aliphatic heterocycles. The third kappa shape index (κ3) is 5.55. The summed E-state index contributed by atoms with van der Waals surface area (Å²) in [7, 11) is -1.60. The number of benzene rings is 1. The van der Waals surface area contributed by atoms with Crippen molar-refractivity contribution in [1.29, 1.82) is 0 Å². The van der Waals surface area contributed by atoms with Gasteiger partial charge in [-0.15, -0.1) is 0 Å². The molecule has 0 aromatic heterocycles. The lowest BCUT2D eigenvalue weighted by Gasteiger charge is -2.13. The molecule has 1 rings (SSSR count). The molecule has 0 amide bonds. The number of hydrogen-bond acceptors (Lipinski definition) is 4. The average Bonchev–Trinajstić information content (AvgIpc) is 2.25. The minimum Gasteiger partial charge on any atom is -0.497 e. The molecule has 0 aliphatic rings. The highest BCUT2D eigenvalue weighted by atomic mass is 32.2. The van der Waals surface area contributed by atoms with Crippen molar-refractivity contribution in [2.45, 2.75) is 13.0 Å². The van der Waals surface area contributed by atoms with E-state index < -0.39 is 10.0 Å². The van der Waals surface area contributed by atoms with Crippen molar-refractivity contribution in [3.05, 3.63) is 24.3 Å². The lowest BCUT2D eigenvalue weighted by atomic mass is 10.3. The molecule has 0 aliphatic carbocycles. The maximum absolute atomic E-state index is 11.0. The molecule has 0 bridgehead atoms. The van der Waals surface area contributed by atoms with Crippen LogP contribution in [0, 0.1) is 0 Å². The highest BCUT2D eigenvalue weighted by Crippen LogP contribution is 2.16. The highest BCUT2D eigenvalue weighted by Gasteiger charge is 2.08. The van der Waals surface area contributed by atoms with E-state index in [0.29, 0.717) is 5.75 Å². The van der Waals surface area contributed by atoms with Crippen LogP contribution in [-0.4, -0.2) is 34.4 Å². The second-order valence-electron chi connectivity index (χ2n) is 3.78. The maximum Gasteiger partial charge on any atom is 0.209 e. The molecule has 5 nitrogen and oxygen atoms in total. The van der Waals surface area contributed by atoms with E-state index in [0.717, 1.165) is 12.0 Å². The summed E-state index contributed by atoms with van der Waals surface area (Å²) in [6.45, 7) is 2.02. The van der Waals surface area contributed by atoms with Crippen molar-refractivity contribution in [1.82, 2.24) is 4.72 Å².